The Bertz CT molecular complexity index is 582. The summed E-state index contributed by atoms with van der Waals surface area (Å²) in [6.45, 7) is 6.23. The van der Waals surface area contributed by atoms with Crippen LogP contribution in [0.4, 0.5) is 10.5 Å². The Balaban J connectivity index is 1.57. The lowest BCUT2D eigenvalue weighted by molar-refractivity contribution is 0.0303. The summed E-state index contributed by atoms with van der Waals surface area (Å²) in [5.41, 5.74) is 1.36. The molecule has 1 aromatic rings. The topological polar surface area (TPSA) is 61.9 Å². The first-order chi connectivity index (χ1) is 11.6. The summed E-state index contributed by atoms with van der Waals surface area (Å²) in [4.78, 5) is 28.4. The van der Waals surface area contributed by atoms with Crippen LogP contribution in [0.1, 0.15) is 30.1 Å². The summed E-state index contributed by atoms with van der Waals surface area (Å²) in [5.74, 6) is 0.569. The van der Waals surface area contributed by atoms with Crippen molar-refractivity contribution in [3.8, 4) is 0 Å². The molecule has 0 aromatic heterocycles. The first-order valence-corrected chi connectivity index (χ1v) is 8.66. The molecule has 0 radical (unpaired) electrons. The largest absolute Gasteiger partial charge is 0.378 e. The number of nitrogens with zero attached hydrogens (tertiary/aromatic N) is 2. The van der Waals surface area contributed by atoms with Crippen molar-refractivity contribution in [1.29, 1.82) is 0 Å². The number of hydrogen-bond donors (Lipinski definition) is 1. The number of amides is 3. The molecule has 0 bridgehead atoms. The van der Waals surface area contributed by atoms with Crippen molar-refractivity contribution in [1.82, 2.24) is 9.80 Å². The van der Waals surface area contributed by atoms with Crippen molar-refractivity contribution in [2.45, 2.75) is 19.8 Å². The van der Waals surface area contributed by atoms with E-state index in [1.165, 1.54) is 6.42 Å². The third kappa shape index (κ3) is 4.06. The maximum Gasteiger partial charge on any atom is 0.321 e. The van der Waals surface area contributed by atoms with Crippen LogP contribution < -0.4 is 5.32 Å². The molecule has 3 rings (SSSR count). The highest BCUT2D eigenvalue weighted by Gasteiger charge is 2.21. The summed E-state index contributed by atoms with van der Waals surface area (Å²) < 4.78 is 5.27. The highest BCUT2D eigenvalue weighted by Crippen LogP contribution is 2.18. The van der Waals surface area contributed by atoms with Crippen LogP contribution in [0, 0.1) is 5.92 Å². The number of piperidine rings is 1. The fraction of sp³-hybridized carbons (Fsp3) is 0.556. The maximum atomic E-state index is 12.4. The predicted octanol–water partition coefficient (Wildman–Crippen LogP) is 2.42. The zero-order chi connectivity index (χ0) is 16.9. The Labute approximate surface area is 142 Å². The summed E-state index contributed by atoms with van der Waals surface area (Å²) in [7, 11) is 0. The standard InChI is InChI=1S/C18H25N3O3/c1-14-3-2-8-21(13-14)18(23)19-16-6-4-15(5-7-16)17(22)20-9-11-24-12-10-20/h4-7,14H,2-3,8-13H2,1H3,(H,19,23). The van der Waals surface area contributed by atoms with E-state index in [-0.39, 0.29) is 11.9 Å². The molecule has 6 heteroatoms. The third-order valence-corrected chi connectivity index (χ3v) is 4.63. The van der Waals surface area contributed by atoms with Crippen LogP contribution in [0.15, 0.2) is 24.3 Å². The molecule has 1 aromatic carbocycles. The number of ether oxygens (including phenoxy) is 1. The summed E-state index contributed by atoms with van der Waals surface area (Å²) in [6, 6.07) is 7.06. The van der Waals surface area contributed by atoms with Gasteiger partial charge in [0.15, 0.2) is 0 Å². The lowest BCUT2D eigenvalue weighted by atomic mass is 10.0. The smallest absolute Gasteiger partial charge is 0.321 e. The van der Waals surface area contributed by atoms with Crippen molar-refractivity contribution in [2.75, 3.05) is 44.7 Å². The number of urea groups is 1. The van der Waals surface area contributed by atoms with E-state index in [0.717, 1.165) is 25.2 Å². The Morgan fingerprint density at radius 1 is 1.08 bits per heavy atom. The molecule has 130 valence electrons. The molecule has 0 aliphatic carbocycles. The number of nitrogens with one attached hydrogen (secondary N) is 1. The Hall–Kier alpha value is -2.08. The first-order valence-electron chi connectivity index (χ1n) is 8.66. The maximum absolute atomic E-state index is 12.4. The van der Waals surface area contributed by atoms with Gasteiger partial charge in [-0.2, -0.15) is 0 Å². The van der Waals surface area contributed by atoms with E-state index in [1.54, 1.807) is 29.2 Å². The number of likely N-dealkylation sites (tertiary alicyclic amines) is 1. The van der Waals surface area contributed by atoms with Crippen LogP contribution in [0.25, 0.3) is 0 Å². The average molecular weight is 331 g/mol. The van der Waals surface area contributed by atoms with Gasteiger partial charge in [-0.05, 0) is 43.0 Å². The van der Waals surface area contributed by atoms with Gasteiger partial charge in [0.1, 0.15) is 0 Å². The second-order valence-electron chi connectivity index (χ2n) is 6.61. The van der Waals surface area contributed by atoms with E-state index < -0.39 is 0 Å². The highest BCUT2D eigenvalue weighted by molar-refractivity contribution is 5.95. The molecule has 0 spiro atoms. The van der Waals surface area contributed by atoms with Gasteiger partial charge in [0, 0.05) is 37.4 Å². The molecule has 2 aliphatic rings. The van der Waals surface area contributed by atoms with E-state index in [4.69, 9.17) is 4.74 Å². The zero-order valence-corrected chi connectivity index (χ0v) is 14.2. The predicted molar refractivity (Wildman–Crippen MR) is 92.2 cm³/mol. The molecule has 24 heavy (non-hydrogen) atoms. The van der Waals surface area contributed by atoms with Crippen LogP contribution >= 0.6 is 0 Å². The summed E-state index contributed by atoms with van der Waals surface area (Å²) in [6.07, 6.45) is 2.24. The van der Waals surface area contributed by atoms with Crippen LogP contribution in [0.5, 0.6) is 0 Å². The average Bonchev–Trinajstić information content (AvgIpc) is 2.62. The lowest BCUT2D eigenvalue weighted by Gasteiger charge is -2.31. The fourth-order valence-electron chi connectivity index (χ4n) is 3.22. The number of anilines is 1. The molecule has 2 fully saturated rings. The van der Waals surface area contributed by atoms with E-state index in [0.29, 0.717) is 37.8 Å². The Morgan fingerprint density at radius 3 is 2.46 bits per heavy atom. The normalized spacial score (nSPS) is 21.5. The minimum Gasteiger partial charge on any atom is -0.378 e. The molecule has 1 atom stereocenters. The number of carbonyl (C=O) groups is 2. The van der Waals surface area contributed by atoms with E-state index in [2.05, 4.69) is 12.2 Å². The molecule has 2 heterocycles. The van der Waals surface area contributed by atoms with Gasteiger partial charge in [0.2, 0.25) is 0 Å². The van der Waals surface area contributed by atoms with E-state index in [1.807, 2.05) is 4.90 Å². The number of morpholine rings is 1. The minimum absolute atomic E-state index is 0.0148. The van der Waals surface area contributed by atoms with E-state index >= 15 is 0 Å². The van der Waals surface area contributed by atoms with Gasteiger partial charge < -0.3 is 19.9 Å². The number of rotatable bonds is 2. The number of benzene rings is 1. The highest BCUT2D eigenvalue weighted by atomic mass is 16.5. The van der Waals surface area contributed by atoms with Crippen molar-refractivity contribution < 1.29 is 14.3 Å². The molecule has 6 nitrogen and oxygen atoms in total. The minimum atomic E-state index is -0.0613. The second-order valence-corrected chi connectivity index (χ2v) is 6.61. The van der Waals surface area contributed by atoms with Gasteiger partial charge in [-0.3, -0.25) is 4.79 Å². The van der Waals surface area contributed by atoms with Gasteiger partial charge in [-0.15, -0.1) is 0 Å². The molecule has 0 saturated carbocycles. The van der Waals surface area contributed by atoms with Crippen molar-refractivity contribution in [2.24, 2.45) is 5.92 Å². The zero-order valence-electron chi connectivity index (χ0n) is 14.2. The number of carbonyl (C=O) groups excluding carboxylic acids is 2. The van der Waals surface area contributed by atoms with E-state index in [9.17, 15) is 9.59 Å². The van der Waals surface area contributed by atoms with Crippen LogP contribution in [0.3, 0.4) is 0 Å². The molecule has 2 saturated heterocycles. The van der Waals surface area contributed by atoms with Crippen molar-refractivity contribution in [3.05, 3.63) is 29.8 Å². The molecule has 1 N–H and O–H groups in total. The van der Waals surface area contributed by atoms with Gasteiger partial charge >= 0.3 is 6.03 Å². The third-order valence-electron chi connectivity index (χ3n) is 4.63. The summed E-state index contributed by atoms with van der Waals surface area (Å²) >= 11 is 0. The van der Waals surface area contributed by atoms with Gasteiger partial charge in [0.25, 0.3) is 5.91 Å². The van der Waals surface area contributed by atoms with Crippen molar-refractivity contribution >= 4 is 17.6 Å². The Morgan fingerprint density at radius 2 is 1.79 bits per heavy atom. The first kappa shape index (κ1) is 16.8. The monoisotopic (exact) mass is 331 g/mol. The molecular weight excluding hydrogens is 306 g/mol. The van der Waals surface area contributed by atoms with Crippen LogP contribution in [0.2, 0.25) is 0 Å². The molecular formula is C18H25N3O3. The quantitative estimate of drug-likeness (QED) is 0.905. The molecule has 2 aliphatic heterocycles. The van der Waals surface area contributed by atoms with Gasteiger partial charge in [-0.25, -0.2) is 4.79 Å². The Kier molecular flexibility index (Phi) is 5.35. The van der Waals surface area contributed by atoms with Gasteiger partial charge in [-0.1, -0.05) is 6.92 Å². The number of hydrogen-bond acceptors (Lipinski definition) is 3. The van der Waals surface area contributed by atoms with Gasteiger partial charge in [0.05, 0.1) is 13.2 Å². The molecule has 3 amide bonds. The fourth-order valence-corrected chi connectivity index (χ4v) is 3.22. The van der Waals surface area contributed by atoms with Crippen LogP contribution in [-0.4, -0.2) is 61.1 Å². The lowest BCUT2D eigenvalue weighted by Crippen LogP contribution is -2.41. The second kappa shape index (κ2) is 7.66. The summed E-state index contributed by atoms with van der Waals surface area (Å²) in [5, 5.41) is 2.92. The molecule has 1 unspecified atom stereocenters. The SMILES string of the molecule is CC1CCCN(C(=O)Nc2ccc(C(=O)N3CCOCC3)cc2)C1. The van der Waals surface area contributed by atoms with Crippen LogP contribution in [-0.2, 0) is 4.74 Å². The van der Waals surface area contributed by atoms with Crippen molar-refractivity contribution in [3.63, 3.8) is 0 Å².